The summed E-state index contributed by atoms with van der Waals surface area (Å²) < 4.78 is 14.5. The van der Waals surface area contributed by atoms with Crippen LogP contribution in [0.3, 0.4) is 0 Å². The number of aliphatic hydroxyl groups is 1. The third-order valence-electron chi connectivity index (χ3n) is 5.53. The molecule has 8 nitrogen and oxygen atoms in total. The zero-order valence-corrected chi connectivity index (χ0v) is 16.0. The summed E-state index contributed by atoms with van der Waals surface area (Å²) in [6, 6.07) is 5.24. The van der Waals surface area contributed by atoms with Crippen LogP contribution < -0.4 is 4.90 Å². The number of hydrogen-bond donors (Lipinski definition) is 1. The van der Waals surface area contributed by atoms with Crippen LogP contribution in [0.1, 0.15) is 20.3 Å². The van der Waals surface area contributed by atoms with Gasteiger partial charge in [-0.15, -0.1) is 0 Å². The molecule has 1 fully saturated rings. The van der Waals surface area contributed by atoms with Gasteiger partial charge in [-0.05, 0) is 32.4 Å². The first-order chi connectivity index (χ1) is 13.4. The lowest BCUT2D eigenvalue weighted by atomic mass is 10.1. The molecule has 9 heteroatoms. The molecule has 3 aliphatic heterocycles. The Labute approximate surface area is 162 Å². The molecule has 3 amide bonds. The second-order valence-electron chi connectivity index (χ2n) is 7.08. The van der Waals surface area contributed by atoms with E-state index in [0.717, 1.165) is 16.3 Å². The predicted octanol–water partition coefficient (Wildman–Crippen LogP) is 1.54. The summed E-state index contributed by atoms with van der Waals surface area (Å²) in [5.41, 5.74) is 1.90. The number of carbonyl (C=O) groups is 2. The van der Waals surface area contributed by atoms with Gasteiger partial charge in [0.1, 0.15) is 5.82 Å². The summed E-state index contributed by atoms with van der Waals surface area (Å²) >= 11 is 0. The highest BCUT2D eigenvalue weighted by molar-refractivity contribution is 6.10. The summed E-state index contributed by atoms with van der Waals surface area (Å²) in [7, 11) is 1.60. The SMILES string of the molecule is CC1=C(C)N2C(=NC3C2C(=O)N(CCCO)C(=O)N3C)N1c1ccccc1F. The lowest BCUT2D eigenvalue weighted by Crippen LogP contribution is -2.64. The molecule has 148 valence electrons. The minimum absolute atomic E-state index is 0.112. The summed E-state index contributed by atoms with van der Waals surface area (Å²) in [5, 5.41) is 9.09. The Morgan fingerprint density at radius 2 is 1.89 bits per heavy atom. The van der Waals surface area contributed by atoms with Crippen molar-refractivity contribution in [1.29, 1.82) is 0 Å². The molecular formula is C19H22FN5O3. The maximum absolute atomic E-state index is 14.5. The average Bonchev–Trinajstić information content (AvgIpc) is 3.17. The van der Waals surface area contributed by atoms with Gasteiger partial charge in [-0.3, -0.25) is 19.5 Å². The van der Waals surface area contributed by atoms with E-state index in [1.165, 1.54) is 11.0 Å². The molecule has 1 saturated heterocycles. The zero-order chi connectivity index (χ0) is 20.2. The van der Waals surface area contributed by atoms with Gasteiger partial charge in [0.15, 0.2) is 12.2 Å². The number of anilines is 1. The van der Waals surface area contributed by atoms with Crippen molar-refractivity contribution in [1.82, 2.24) is 14.7 Å². The van der Waals surface area contributed by atoms with Gasteiger partial charge in [0.25, 0.3) is 5.91 Å². The van der Waals surface area contributed by atoms with E-state index in [2.05, 4.69) is 4.99 Å². The number of benzene rings is 1. The Bertz CT molecular complexity index is 915. The molecule has 1 N–H and O–H groups in total. The highest BCUT2D eigenvalue weighted by Gasteiger charge is 2.55. The number of para-hydroxylation sites is 1. The minimum Gasteiger partial charge on any atom is -0.396 e. The number of halogens is 1. The van der Waals surface area contributed by atoms with E-state index in [-0.39, 0.29) is 19.1 Å². The van der Waals surface area contributed by atoms with Crippen molar-refractivity contribution < 1.29 is 19.1 Å². The van der Waals surface area contributed by atoms with Gasteiger partial charge in [-0.1, -0.05) is 12.1 Å². The monoisotopic (exact) mass is 387 g/mol. The number of aliphatic hydroxyl groups excluding tert-OH is 1. The molecule has 4 rings (SSSR count). The zero-order valence-electron chi connectivity index (χ0n) is 16.0. The summed E-state index contributed by atoms with van der Waals surface area (Å²) in [6.07, 6.45) is -0.372. The highest BCUT2D eigenvalue weighted by Crippen LogP contribution is 2.40. The first kappa shape index (κ1) is 18.4. The second-order valence-corrected chi connectivity index (χ2v) is 7.08. The molecule has 28 heavy (non-hydrogen) atoms. The number of hydrogen-bond acceptors (Lipinski definition) is 6. The van der Waals surface area contributed by atoms with E-state index in [1.807, 2.05) is 13.8 Å². The topological polar surface area (TPSA) is 79.7 Å². The number of allylic oxidation sites excluding steroid dienone is 2. The highest BCUT2D eigenvalue weighted by atomic mass is 19.1. The van der Waals surface area contributed by atoms with Crippen LogP contribution in [0.2, 0.25) is 0 Å². The number of rotatable bonds is 4. The van der Waals surface area contributed by atoms with Crippen LogP contribution in [0.5, 0.6) is 0 Å². The smallest absolute Gasteiger partial charge is 0.328 e. The second kappa shape index (κ2) is 6.59. The minimum atomic E-state index is -0.705. The number of aliphatic imine (C=N–C) groups is 1. The van der Waals surface area contributed by atoms with Gasteiger partial charge in [0.2, 0.25) is 5.96 Å². The first-order valence-electron chi connectivity index (χ1n) is 9.16. The fraction of sp³-hybridized carbons (Fsp3) is 0.421. The summed E-state index contributed by atoms with van der Waals surface area (Å²) in [6.45, 7) is 3.74. The van der Waals surface area contributed by atoms with E-state index in [9.17, 15) is 14.0 Å². The Hall–Kier alpha value is -2.94. The molecule has 0 aliphatic carbocycles. The van der Waals surface area contributed by atoms with Crippen LogP contribution in [-0.4, -0.2) is 70.1 Å². The maximum Gasteiger partial charge on any atom is 0.328 e. The number of carbonyl (C=O) groups excluding carboxylic acids is 2. The molecule has 3 heterocycles. The quantitative estimate of drug-likeness (QED) is 0.848. The molecule has 0 aromatic heterocycles. The third kappa shape index (κ3) is 2.42. The lowest BCUT2D eigenvalue weighted by Gasteiger charge is -2.40. The van der Waals surface area contributed by atoms with Gasteiger partial charge in [0, 0.05) is 31.6 Å². The van der Waals surface area contributed by atoms with Crippen molar-refractivity contribution >= 4 is 23.6 Å². The van der Waals surface area contributed by atoms with Crippen LogP contribution in [0.4, 0.5) is 14.9 Å². The van der Waals surface area contributed by atoms with Crippen LogP contribution in [-0.2, 0) is 4.79 Å². The maximum atomic E-state index is 14.5. The fourth-order valence-corrected chi connectivity index (χ4v) is 3.97. The number of amides is 3. The van der Waals surface area contributed by atoms with Crippen molar-refractivity contribution in [2.24, 2.45) is 4.99 Å². The van der Waals surface area contributed by atoms with Crippen LogP contribution >= 0.6 is 0 Å². The number of guanidine groups is 1. The largest absolute Gasteiger partial charge is 0.396 e. The molecule has 0 radical (unpaired) electrons. The van der Waals surface area contributed by atoms with Crippen molar-refractivity contribution in [2.45, 2.75) is 32.5 Å². The Balaban J connectivity index is 1.76. The molecule has 0 bridgehead atoms. The Kier molecular flexibility index (Phi) is 4.34. The van der Waals surface area contributed by atoms with Gasteiger partial charge >= 0.3 is 6.03 Å². The van der Waals surface area contributed by atoms with Crippen molar-refractivity contribution in [3.05, 3.63) is 41.5 Å². The van der Waals surface area contributed by atoms with E-state index in [4.69, 9.17) is 5.11 Å². The van der Waals surface area contributed by atoms with E-state index >= 15 is 0 Å². The normalized spacial score (nSPS) is 24.2. The van der Waals surface area contributed by atoms with Crippen molar-refractivity contribution in [3.8, 4) is 0 Å². The van der Waals surface area contributed by atoms with Crippen LogP contribution in [0, 0.1) is 5.82 Å². The van der Waals surface area contributed by atoms with Gasteiger partial charge < -0.3 is 10.0 Å². The van der Waals surface area contributed by atoms with Gasteiger partial charge in [0.05, 0.1) is 5.69 Å². The van der Waals surface area contributed by atoms with E-state index < -0.39 is 24.1 Å². The van der Waals surface area contributed by atoms with E-state index in [0.29, 0.717) is 18.1 Å². The molecular weight excluding hydrogens is 365 g/mol. The number of fused-ring (bicyclic) bond motifs is 3. The molecule has 2 atom stereocenters. The van der Waals surface area contributed by atoms with Crippen molar-refractivity contribution in [2.75, 3.05) is 25.1 Å². The average molecular weight is 387 g/mol. The standard InChI is InChI=1S/C19H22FN5O3/c1-11-12(2)25-15-16(22(3)19(28)23(17(15)27)9-6-10-26)21-18(25)24(11)14-8-5-4-7-13(14)20/h4-5,7-8,15-16,26H,6,9-10H2,1-3H3. The number of likely N-dealkylation sites (N-methyl/N-ethyl adjacent to an activating group) is 1. The number of urea groups is 1. The molecule has 3 aliphatic rings. The third-order valence-corrected chi connectivity index (χ3v) is 5.53. The van der Waals surface area contributed by atoms with Crippen molar-refractivity contribution in [3.63, 3.8) is 0 Å². The van der Waals surface area contributed by atoms with E-state index in [1.54, 1.807) is 35.0 Å². The van der Waals surface area contributed by atoms with Gasteiger partial charge in [-0.25, -0.2) is 14.2 Å². The Morgan fingerprint density at radius 3 is 2.57 bits per heavy atom. The summed E-state index contributed by atoms with van der Waals surface area (Å²) in [5.74, 6) is -0.315. The molecule has 2 unspecified atom stereocenters. The molecule has 0 spiro atoms. The van der Waals surface area contributed by atoms with Gasteiger partial charge in [-0.2, -0.15) is 0 Å². The summed E-state index contributed by atoms with van der Waals surface area (Å²) in [4.78, 5) is 36.5. The Morgan fingerprint density at radius 1 is 1.18 bits per heavy atom. The molecule has 1 aromatic carbocycles. The predicted molar refractivity (Wildman–Crippen MR) is 101 cm³/mol. The van der Waals surface area contributed by atoms with Crippen LogP contribution in [0.25, 0.3) is 0 Å². The first-order valence-corrected chi connectivity index (χ1v) is 9.16. The molecule has 1 aromatic rings. The molecule has 0 saturated carbocycles. The number of nitrogens with zero attached hydrogens (tertiary/aromatic N) is 5. The fourth-order valence-electron chi connectivity index (χ4n) is 3.97. The van der Waals surface area contributed by atoms with Crippen LogP contribution in [0.15, 0.2) is 40.7 Å². The number of imide groups is 1. The lowest BCUT2D eigenvalue weighted by molar-refractivity contribution is -0.136.